The van der Waals surface area contributed by atoms with Gasteiger partial charge in [0.05, 0.1) is 10.7 Å². The highest BCUT2D eigenvalue weighted by Crippen LogP contribution is 2.22. The van der Waals surface area contributed by atoms with Gasteiger partial charge in [-0.05, 0) is 32.1 Å². The summed E-state index contributed by atoms with van der Waals surface area (Å²) >= 11 is 7.26. The van der Waals surface area contributed by atoms with Crippen LogP contribution in [0.2, 0.25) is 5.02 Å². The maximum absolute atomic E-state index is 13.5. The van der Waals surface area contributed by atoms with Gasteiger partial charge < -0.3 is 0 Å². The van der Waals surface area contributed by atoms with E-state index in [1.807, 2.05) is 13.8 Å². The fourth-order valence-corrected chi connectivity index (χ4v) is 2.55. The predicted molar refractivity (Wildman–Crippen MR) is 80.7 cm³/mol. The normalized spacial score (nSPS) is 11.0. The van der Waals surface area contributed by atoms with E-state index in [0.29, 0.717) is 5.13 Å². The maximum Gasteiger partial charge on any atom is 0.250 e. The summed E-state index contributed by atoms with van der Waals surface area (Å²) < 4.78 is 13.5. The van der Waals surface area contributed by atoms with Crippen LogP contribution in [-0.4, -0.2) is 10.9 Å². The Morgan fingerprint density at radius 1 is 1.45 bits per heavy atom. The van der Waals surface area contributed by atoms with Gasteiger partial charge in [-0.25, -0.2) is 9.37 Å². The second kappa shape index (κ2) is 6.15. The molecule has 0 radical (unpaired) electrons. The third-order valence-electron chi connectivity index (χ3n) is 2.66. The van der Waals surface area contributed by atoms with Crippen molar-refractivity contribution in [2.75, 3.05) is 5.32 Å². The van der Waals surface area contributed by atoms with Gasteiger partial charge in [0.1, 0.15) is 5.82 Å². The average molecular weight is 311 g/mol. The Labute approximate surface area is 125 Å². The van der Waals surface area contributed by atoms with Crippen LogP contribution in [0.25, 0.3) is 6.08 Å². The molecule has 1 N–H and O–H groups in total. The van der Waals surface area contributed by atoms with Crippen molar-refractivity contribution in [3.05, 3.63) is 51.2 Å². The summed E-state index contributed by atoms with van der Waals surface area (Å²) in [4.78, 5) is 17.0. The number of anilines is 1. The molecule has 1 aromatic carbocycles. The van der Waals surface area contributed by atoms with Crippen LogP contribution in [-0.2, 0) is 4.79 Å². The summed E-state index contributed by atoms with van der Waals surface area (Å²) in [6.07, 6.45) is 2.58. The van der Waals surface area contributed by atoms with Crippen LogP contribution < -0.4 is 5.32 Å². The van der Waals surface area contributed by atoms with Crippen molar-refractivity contribution in [3.63, 3.8) is 0 Å². The topological polar surface area (TPSA) is 42.0 Å². The monoisotopic (exact) mass is 310 g/mol. The van der Waals surface area contributed by atoms with E-state index in [-0.39, 0.29) is 16.5 Å². The first-order chi connectivity index (χ1) is 9.47. The van der Waals surface area contributed by atoms with Crippen LogP contribution in [0.4, 0.5) is 9.52 Å². The van der Waals surface area contributed by atoms with Crippen molar-refractivity contribution in [1.29, 1.82) is 0 Å². The summed E-state index contributed by atoms with van der Waals surface area (Å²) in [5.74, 6) is -0.847. The number of carbonyl (C=O) groups is 1. The second-order valence-electron chi connectivity index (χ2n) is 4.12. The highest BCUT2D eigenvalue weighted by Gasteiger charge is 2.07. The summed E-state index contributed by atoms with van der Waals surface area (Å²) in [5, 5.41) is 3.41. The number of rotatable bonds is 3. The van der Waals surface area contributed by atoms with E-state index in [0.717, 1.165) is 10.6 Å². The van der Waals surface area contributed by atoms with Crippen molar-refractivity contribution in [3.8, 4) is 0 Å². The molecule has 1 amide bonds. The summed E-state index contributed by atoms with van der Waals surface area (Å²) in [5.41, 5.74) is 1.07. The number of aryl methyl sites for hydroxylation is 2. The zero-order chi connectivity index (χ0) is 14.7. The Kier molecular flexibility index (Phi) is 4.52. The molecule has 0 fully saturated rings. The second-order valence-corrected chi connectivity index (χ2v) is 5.73. The SMILES string of the molecule is Cc1nc(NC(=O)/C=C/c2c(F)cccc2Cl)sc1C. The third kappa shape index (κ3) is 3.43. The van der Waals surface area contributed by atoms with Crippen LogP contribution in [0.3, 0.4) is 0 Å². The van der Waals surface area contributed by atoms with E-state index in [2.05, 4.69) is 10.3 Å². The van der Waals surface area contributed by atoms with Gasteiger partial charge in [-0.2, -0.15) is 0 Å². The molecule has 20 heavy (non-hydrogen) atoms. The molecular weight excluding hydrogens is 299 g/mol. The molecule has 0 aliphatic carbocycles. The fourth-order valence-electron chi connectivity index (χ4n) is 1.50. The molecule has 2 rings (SSSR count). The van der Waals surface area contributed by atoms with Crippen molar-refractivity contribution in [2.24, 2.45) is 0 Å². The highest BCUT2D eigenvalue weighted by molar-refractivity contribution is 7.15. The Hall–Kier alpha value is -1.72. The van der Waals surface area contributed by atoms with Crippen LogP contribution in [0.5, 0.6) is 0 Å². The van der Waals surface area contributed by atoms with Crippen LogP contribution in [0.15, 0.2) is 24.3 Å². The van der Waals surface area contributed by atoms with E-state index in [1.54, 1.807) is 6.07 Å². The van der Waals surface area contributed by atoms with E-state index >= 15 is 0 Å². The van der Waals surface area contributed by atoms with Gasteiger partial charge in [-0.3, -0.25) is 10.1 Å². The van der Waals surface area contributed by atoms with Crippen LogP contribution in [0.1, 0.15) is 16.1 Å². The van der Waals surface area contributed by atoms with Crippen molar-refractivity contribution in [1.82, 2.24) is 4.98 Å². The zero-order valence-electron chi connectivity index (χ0n) is 10.9. The first-order valence-electron chi connectivity index (χ1n) is 5.84. The number of hydrogen-bond acceptors (Lipinski definition) is 3. The van der Waals surface area contributed by atoms with E-state index in [4.69, 9.17) is 11.6 Å². The molecule has 0 spiro atoms. The highest BCUT2D eigenvalue weighted by atomic mass is 35.5. The number of carbonyl (C=O) groups excluding carboxylic acids is 1. The summed E-state index contributed by atoms with van der Waals surface area (Å²) in [7, 11) is 0. The Bertz CT molecular complexity index is 642. The average Bonchev–Trinajstić information content (AvgIpc) is 2.67. The number of hydrogen-bond donors (Lipinski definition) is 1. The molecule has 1 heterocycles. The third-order valence-corrected chi connectivity index (χ3v) is 3.98. The number of aromatic nitrogens is 1. The lowest BCUT2D eigenvalue weighted by Gasteiger charge is -1.99. The number of thiazole rings is 1. The largest absolute Gasteiger partial charge is 0.298 e. The number of amides is 1. The Morgan fingerprint density at radius 3 is 2.80 bits per heavy atom. The quantitative estimate of drug-likeness (QED) is 0.863. The first kappa shape index (κ1) is 14.7. The maximum atomic E-state index is 13.5. The van der Waals surface area contributed by atoms with Gasteiger partial charge >= 0.3 is 0 Å². The van der Waals surface area contributed by atoms with Crippen molar-refractivity contribution < 1.29 is 9.18 Å². The van der Waals surface area contributed by atoms with E-state index in [9.17, 15) is 9.18 Å². The number of benzene rings is 1. The zero-order valence-corrected chi connectivity index (χ0v) is 12.5. The lowest BCUT2D eigenvalue weighted by atomic mass is 10.2. The van der Waals surface area contributed by atoms with Crippen LogP contribution >= 0.6 is 22.9 Å². The lowest BCUT2D eigenvalue weighted by Crippen LogP contribution is -2.07. The molecular formula is C14H12ClFN2OS. The van der Waals surface area contributed by atoms with Gasteiger partial charge in [-0.1, -0.05) is 17.7 Å². The molecule has 0 saturated carbocycles. The summed E-state index contributed by atoms with van der Waals surface area (Å²) in [6.45, 7) is 3.80. The number of nitrogens with zero attached hydrogens (tertiary/aromatic N) is 1. The smallest absolute Gasteiger partial charge is 0.250 e. The summed E-state index contributed by atoms with van der Waals surface area (Å²) in [6, 6.07) is 4.36. The molecule has 0 aliphatic heterocycles. The minimum atomic E-state index is -0.470. The molecule has 2 aromatic rings. The minimum Gasteiger partial charge on any atom is -0.298 e. The van der Waals surface area contributed by atoms with Crippen molar-refractivity contribution >= 4 is 40.1 Å². The molecule has 1 aromatic heterocycles. The van der Waals surface area contributed by atoms with E-state index in [1.165, 1.54) is 35.6 Å². The molecule has 0 unspecified atom stereocenters. The van der Waals surface area contributed by atoms with Crippen molar-refractivity contribution in [2.45, 2.75) is 13.8 Å². The molecule has 0 saturated heterocycles. The van der Waals surface area contributed by atoms with Gasteiger partial charge in [0.25, 0.3) is 0 Å². The van der Waals surface area contributed by atoms with E-state index < -0.39 is 5.82 Å². The molecule has 0 bridgehead atoms. The molecule has 3 nitrogen and oxygen atoms in total. The minimum absolute atomic E-state index is 0.191. The fraction of sp³-hybridized carbons (Fsp3) is 0.143. The van der Waals surface area contributed by atoms with Gasteiger partial charge in [0.2, 0.25) is 5.91 Å². The van der Waals surface area contributed by atoms with Gasteiger partial charge in [0, 0.05) is 16.5 Å². The lowest BCUT2D eigenvalue weighted by molar-refractivity contribution is -0.111. The Balaban J connectivity index is 2.10. The van der Waals surface area contributed by atoms with Gasteiger partial charge in [-0.15, -0.1) is 11.3 Å². The van der Waals surface area contributed by atoms with Gasteiger partial charge in [0.15, 0.2) is 5.13 Å². The first-order valence-corrected chi connectivity index (χ1v) is 7.04. The molecule has 6 heteroatoms. The molecule has 104 valence electrons. The molecule has 0 aliphatic rings. The van der Waals surface area contributed by atoms with Crippen LogP contribution in [0, 0.1) is 19.7 Å². The molecule has 0 atom stereocenters. The Morgan fingerprint density at radius 2 is 2.20 bits per heavy atom. The predicted octanol–water partition coefficient (Wildman–Crippen LogP) is 4.20. The number of halogens is 2. The number of nitrogens with one attached hydrogen (secondary N) is 1. The standard InChI is InChI=1S/C14H12ClFN2OS/c1-8-9(2)20-14(17-8)18-13(19)7-6-10-11(15)4-3-5-12(10)16/h3-7H,1-2H3,(H,17,18,19)/b7-6+.